The van der Waals surface area contributed by atoms with Gasteiger partial charge in [-0.2, -0.15) is 5.26 Å². The van der Waals surface area contributed by atoms with Crippen LogP contribution >= 0.6 is 0 Å². The van der Waals surface area contributed by atoms with Crippen LogP contribution in [0.25, 0.3) is 0 Å². The van der Waals surface area contributed by atoms with Gasteiger partial charge in [0.15, 0.2) is 0 Å². The molecule has 0 spiro atoms. The molecular formula is C19H18FN3O2. The third-order valence-corrected chi connectivity index (χ3v) is 3.41. The zero-order valence-corrected chi connectivity index (χ0v) is 14.0. The Morgan fingerprint density at radius 3 is 2.80 bits per heavy atom. The summed E-state index contributed by atoms with van der Waals surface area (Å²) in [6, 6.07) is 13.3. The lowest BCUT2D eigenvalue weighted by molar-refractivity contribution is -0.112. The smallest absolute Gasteiger partial charge is 0.267 e. The van der Waals surface area contributed by atoms with Gasteiger partial charge in [-0.05, 0) is 42.3 Å². The molecular weight excluding hydrogens is 321 g/mol. The van der Waals surface area contributed by atoms with Crippen LogP contribution in [0.5, 0.6) is 5.75 Å². The zero-order chi connectivity index (χ0) is 18.2. The van der Waals surface area contributed by atoms with Crippen LogP contribution in [0.1, 0.15) is 11.1 Å². The highest BCUT2D eigenvalue weighted by atomic mass is 19.1. The molecule has 0 fully saturated rings. The monoisotopic (exact) mass is 339 g/mol. The first-order chi connectivity index (χ1) is 12.0. The molecule has 0 bridgehead atoms. The lowest BCUT2D eigenvalue weighted by Crippen LogP contribution is -2.17. The van der Waals surface area contributed by atoms with Crippen molar-refractivity contribution in [3.63, 3.8) is 0 Å². The number of benzene rings is 2. The second-order valence-electron chi connectivity index (χ2n) is 5.34. The molecule has 0 radical (unpaired) electrons. The highest BCUT2D eigenvalue weighted by Crippen LogP contribution is 2.25. The molecule has 0 atom stereocenters. The fraction of sp³-hybridized carbons (Fsp3) is 0.158. The Morgan fingerprint density at radius 1 is 1.32 bits per heavy atom. The molecule has 2 aromatic carbocycles. The fourth-order valence-electron chi connectivity index (χ4n) is 2.18. The first-order valence-electron chi connectivity index (χ1n) is 7.57. The van der Waals surface area contributed by atoms with Crippen LogP contribution in [0.15, 0.2) is 54.2 Å². The van der Waals surface area contributed by atoms with Crippen molar-refractivity contribution >= 4 is 11.6 Å². The number of aryl methyl sites for hydroxylation is 1. The van der Waals surface area contributed by atoms with E-state index in [-0.39, 0.29) is 11.4 Å². The first kappa shape index (κ1) is 18.0. The molecule has 5 nitrogen and oxygen atoms in total. The van der Waals surface area contributed by atoms with Crippen molar-refractivity contribution in [3.8, 4) is 11.8 Å². The second-order valence-corrected chi connectivity index (χ2v) is 5.34. The van der Waals surface area contributed by atoms with Gasteiger partial charge in [0.05, 0.1) is 12.8 Å². The number of hydrogen-bond acceptors (Lipinski definition) is 4. The number of anilines is 1. The van der Waals surface area contributed by atoms with Crippen molar-refractivity contribution in [2.45, 2.75) is 13.5 Å². The Labute approximate surface area is 145 Å². The number of nitriles is 1. The van der Waals surface area contributed by atoms with E-state index in [0.29, 0.717) is 23.5 Å². The van der Waals surface area contributed by atoms with Gasteiger partial charge in [-0.1, -0.05) is 18.2 Å². The van der Waals surface area contributed by atoms with Gasteiger partial charge in [0.25, 0.3) is 5.91 Å². The van der Waals surface area contributed by atoms with Gasteiger partial charge >= 0.3 is 0 Å². The van der Waals surface area contributed by atoms with Crippen molar-refractivity contribution in [1.82, 2.24) is 5.32 Å². The summed E-state index contributed by atoms with van der Waals surface area (Å²) in [5.41, 5.74) is 2.04. The van der Waals surface area contributed by atoms with Crippen LogP contribution in [-0.4, -0.2) is 13.0 Å². The summed E-state index contributed by atoms with van der Waals surface area (Å²) in [6.45, 7) is 2.18. The minimum absolute atomic E-state index is 0.0973. The summed E-state index contributed by atoms with van der Waals surface area (Å²) < 4.78 is 18.3. The molecule has 0 heterocycles. The number of nitrogens with one attached hydrogen (secondary N) is 2. The molecule has 0 saturated heterocycles. The van der Waals surface area contributed by atoms with Crippen molar-refractivity contribution in [2.75, 3.05) is 12.4 Å². The van der Waals surface area contributed by atoms with E-state index in [2.05, 4.69) is 10.6 Å². The Kier molecular flexibility index (Phi) is 6.13. The maximum Gasteiger partial charge on any atom is 0.267 e. The number of hydrogen-bond donors (Lipinski definition) is 2. The quantitative estimate of drug-likeness (QED) is 0.626. The number of carbonyl (C=O) groups is 1. The van der Waals surface area contributed by atoms with Gasteiger partial charge in [-0.25, -0.2) is 4.39 Å². The molecule has 0 aromatic heterocycles. The van der Waals surface area contributed by atoms with Crippen molar-refractivity contribution in [1.29, 1.82) is 5.26 Å². The topological polar surface area (TPSA) is 74.1 Å². The highest BCUT2D eigenvalue weighted by Gasteiger charge is 2.12. The van der Waals surface area contributed by atoms with E-state index in [4.69, 9.17) is 4.74 Å². The number of rotatable bonds is 6. The molecule has 128 valence electrons. The van der Waals surface area contributed by atoms with E-state index in [0.717, 1.165) is 5.56 Å². The molecule has 2 rings (SSSR count). The summed E-state index contributed by atoms with van der Waals surface area (Å²) in [7, 11) is 1.50. The van der Waals surface area contributed by atoms with Gasteiger partial charge < -0.3 is 15.4 Å². The molecule has 6 heteroatoms. The summed E-state index contributed by atoms with van der Waals surface area (Å²) in [4.78, 5) is 12.3. The number of halogens is 1. The lowest BCUT2D eigenvalue weighted by Gasteiger charge is -2.10. The molecule has 0 unspecified atom stereocenters. The Balaban J connectivity index is 2.06. The van der Waals surface area contributed by atoms with Crippen LogP contribution < -0.4 is 15.4 Å². The highest BCUT2D eigenvalue weighted by molar-refractivity contribution is 6.07. The average Bonchev–Trinajstić information content (AvgIpc) is 2.59. The van der Waals surface area contributed by atoms with Gasteiger partial charge in [0.2, 0.25) is 0 Å². The third-order valence-electron chi connectivity index (χ3n) is 3.41. The van der Waals surface area contributed by atoms with Gasteiger partial charge in [0, 0.05) is 12.7 Å². The minimum Gasteiger partial charge on any atom is -0.495 e. The van der Waals surface area contributed by atoms with Crippen molar-refractivity contribution in [2.24, 2.45) is 0 Å². The van der Waals surface area contributed by atoms with E-state index in [1.54, 1.807) is 24.3 Å². The van der Waals surface area contributed by atoms with Crippen LogP contribution in [0.3, 0.4) is 0 Å². The number of methoxy groups -OCH3 is 1. The largest absolute Gasteiger partial charge is 0.495 e. The summed E-state index contributed by atoms with van der Waals surface area (Å²) in [5.74, 6) is -0.393. The van der Waals surface area contributed by atoms with Crippen molar-refractivity contribution in [3.05, 3.63) is 71.2 Å². The lowest BCUT2D eigenvalue weighted by atomic mass is 10.2. The Hall–Kier alpha value is -3.33. The zero-order valence-electron chi connectivity index (χ0n) is 14.0. The predicted octanol–water partition coefficient (Wildman–Crippen LogP) is 3.28. The number of nitrogens with zero attached hydrogens (tertiary/aromatic N) is 1. The summed E-state index contributed by atoms with van der Waals surface area (Å²) >= 11 is 0. The normalized spacial score (nSPS) is 10.7. The SMILES string of the molecule is COc1ccc(C)cc1NC(=O)/C(C#N)=C\NCc1cccc(F)c1. The molecule has 2 N–H and O–H groups in total. The second kappa shape index (κ2) is 8.50. The van der Waals surface area contributed by atoms with Gasteiger partial charge in [0.1, 0.15) is 23.2 Å². The van der Waals surface area contributed by atoms with E-state index >= 15 is 0 Å². The Morgan fingerprint density at radius 2 is 2.12 bits per heavy atom. The number of amides is 1. The number of ether oxygens (including phenoxy) is 1. The first-order valence-corrected chi connectivity index (χ1v) is 7.57. The predicted molar refractivity (Wildman–Crippen MR) is 93.3 cm³/mol. The summed E-state index contributed by atoms with van der Waals surface area (Å²) in [6.07, 6.45) is 1.31. The number of carbonyl (C=O) groups excluding carboxylic acids is 1. The van der Waals surface area contributed by atoms with E-state index in [1.807, 2.05) is 19.1 Å². The third kappa shape index (κ3) is 5.08. The van der Waals surface area contributed by atoms with Crippen LogP contribution in [0.4, 0.5) is 10.1 Å². The maximum atomic E-state index is 13.1. The van der Waals surface area contributed by atoms with E-state index in [1.165, 1.54) is 25.4 Å². The summed E-state index contributed by atoms with van der Waals surface area (Å²) in [5, 5.41) is 14.7. The molecule has 0 saturated carbocycles. The fourth-order valence-corrected chi connectivity index (χ4v) is 2.18. The van der Waals surface area contributed by atoms with Crippen LogP contribution in [-0.2, 0) is 11.3 Å². The average molecular weight is 339 g/mol. The van der Waals surface area contributed by atoms with Crippen LogP contribution in [0.2, 0.25) is 0 Å². The van der Waals surface area contributed by atoms with Gasteiger partial charge in [-0.15, -0.1) is 0 Å². The minimum atomic E-state index is -0.557. The van der Waals surface area contributed by atoms with Crippen molar-refractivity contribution < 1.29 is 13.9 Å². The molecule has 2 aromatic rings. The molecule has 0 aliphatic carbocycles. The van der Waals surface area contributed by atoms with Crippen LogP contribution in [0, 0.1) is 24.1 Å². The van der Waals surface area contributed by atoms with E-state index in [9.17, 15) is 14.4 Å². The molecule has 1 amide bonds. The van der Waals surface area contributed by atoms with Gasteiger partial charge in [-0.3, -0.25) is 4.79 Å². The molecule has 25 heavy (non-hydrogen) atoms. The Bertz CT molecular complexity index is 841. The molecule has 0 aliphatic rings. The molecule has 0 aliphatic heterocycles. The maximum absolute atomic E-state index is 13.1. The van der Waals surface area contributed by atoms with E-state index < -0.39 is 5.91 Å². The standard InChI is InChI=1S/C19H18FN3O2/c1-13-6-7-18(25-2)17(8-13)23-19(24)15(10-21)12-22-11-14-4-3-5-16(20)9-14/h3-9,12,22H,11H2,1-2H3,(H,23,24)/b15-12-.